The van der Waals surface area contributed by atoms with Gasteiger partial charge in [-0.05, 0) is 17.7 Å². The Balaban J connectivity index is 1.98. The number of benzene rings is 1. The zero-order chi connectivity index (χ0) is 18.9. The van der Waals surface area contributed by atoms with Crippen LogP contribution in [0.3, 0.4) is 0 Å². The molecule has 1 aliphatic rings. The summed E-state index contributed by atoms with van der Waals surface area (Å²) >= 11 is 0. The van der Waals surface area contributed by atoms with E-state index >= 15 is 0 Å². The molecule has 1 saturated heterocycles. The second-order valence-corrected chi connectivity index (χ2v) is 5.97. The Kier molecular flexibility index (Phi) is 7.62. The molecule has 0 bridgehead atoms. The molecule has 1 unspecified atom stereocenters. The van der Waals surface area contributed by atoms with Gasteiger partial charge in [0.25, 0.3) is 0 Å². The fraction of sp³-hybridized carbons (Fsp3) is 0.474. The monoisotopic (exact) mass is 362 g/mol. The third kappa shape index (κ3) is 5.31. The minimum Gasteiger partial charge on any atom is -0.497 e. The molecule has 0 aromatic heterocycles. The van der Waals surface area contributed by atoms with Crippen molar-refractivity contribution in [2.24, 2.45) is 0 Å². The number of carbonyl (C=O) groups excluding carboxylic acids is 2. The third-order valence-electron chi connectivity index (χ3n) is 4.32. The summed E-state index contributed by atoms with van der Waals surface area (Å²) in [4.78, 5) is 27.0. The van der Waals surface area contributed by atoms with Crippen molar-refractivity contribution < 1.29 is 23.8 Å². The van der Waals surface area contributed by atoms with Crippen LogP contribution < -0.4 is 4.74 Å². The molecule has 0 spiro atoms. The Labute approximate surface area is 154 Å². The molecule has 1 aromatic rings. The van der Waals surface area contributed by atoms with Gasteiger partial charge in [0.15, 0.2) is 0 Å². The van der Waals surface area contributed by atoms with Gasteiger partial charge in [-0.2, -0.15) is 0 Å². The summed E-state index contributed by atoms with van der Waals surface area (Å²) < 4.78 is 15.7. The standard InChI is InChI=1S/C19H26N2O5/c1-4-12-26-17(15-6-5-7-16(13-15)24-2)14-20-8-10-21(11-9-20)18(22)19(23)25-3/h4-7,13,17H,1,8-12,14H2,2-3H3. The predicted octanol–water partition coefficient (Wildman–Crippen LogP) is 1.26. The molecule has 1 atom stereocenters. The number of esters is 1. The molecule has 7 heteroatoms. The van der Waals surface area contributed by atoms with E-state index in [1.807, 2.05) is 24.3 Å². The van der Waals surface area contributed by atoms with Gasteiger partial charge in [0.1, 0.15) is 5.75 Å². The lowest BCUT2D eigenvalue weighted by Crippen LogP contribution is -2.51. The van der Waals surface area contributed by atoms with Gasteiger partial charge in [0.2, 0.25) is 0 Å². The summed E-state index contributed by atoms with van der Waals surface area (Å²) in [5, 5.41) is 0. The highest BCUT2D eigenvalue weighted by molar-refractivity contribution is 6.32. The normalized spacial score (nSPS) is 16.0. The van der Waals surface area contributed by atoms with Crippen molar-refractivity contribution in [2.45, 2.75) is 6.10 Å². The average Bonchev–Trinajstić information content (AvgIpc) is 2.70. The summed E-state index contributed by atoms with van der Waals surface area (Å²) in [6.07, 6.45) is 1.59. The maximum atomic E-state index is 11.9. The van der Waals surface area contributed by atoms with E-state index in [9.17, 15) is 9.59 Å². The molecule has 7 nitrogen and oxygen atoms in total. The van der Waals surface area contributed by atoms with Crippen LogP contribution in [-0.2, 0) is 19.1 Å². The predicted molar refractivity (Wildman–Crippen MR) is 96.9 cm³/mol. The van der Waals surface area contributed by atoms with E-state index in [1.54, 1.807) is 13.2 Å². The number of ether oxygens (including phenoxy) is 3. The van der Waals surface area contributed by atoms with Gasteiger partial charge < -0.3 is 19.1 Å². The highest BCUT2D eigenvalue weighted by Gasteiger charge is 2.28. The molecule has 1 heterocycles. The molecule has 1 fully saturated rings. The number of amides is 1. The maximum Gasteiger partial charge on any atom is 0.396 e. The second-order valence-electron chi connectivity index (χ2n) is 5.97. The lowest BCUT2D eigenvalue weighted by atomic mass is 10.1. The molecular formula is C19H26N2O5. The number of methoxy groups -OCH3 is 2. The zero-order valence-electron chi connectivity index (χ0n) is 15.3. The molecule has 0 aliphatic carbocycles. The van der Waals surface area contributed by atoms with Gasteiger partial charge in [-0.1, -0.05) is 18.2 Å². The maximum absolute atomic E-state index is 11.9. The van der Waals surface area contributed by atoms with Crippen LogP contribution in [0.2, 0.25) is 0 Å². The van der Waals surface area contributed by atoms with Gasteiger partial charge in [0.05, 0.1) is 26.9 Å². The summed E-state index contributed by atoms with van der Waals surface area (Å²) in [6.45, 7) is 7.15. The van der Waals surface area contributed by atoms with E-state index in [-0.39, 0.29) is 6.10 Å². The number of piperazine rings is 1. The minimum absolute atomic E-state index is 0.133. The van der Waals surface area contributed by atoms with Crippen LogP contribution in [0.25, 0.3) is 0 Å². The Morgan fingerprint density at radius 1 is 1.23 bits per heavy atom. The fourth-order valence-corrected chi connectivity index (χ4v) is 2.86. The first-order valence-corrected chi connectivity index (χ1v) is 8.55. The lowest BCUT2D eigenvalue weighted by Gasteiger charge is -2.35. The number of hydrogen-bond acceptors (Lipinski definition) is 6. The first-order chi connectivity index (χ1) is 12.6. The van der Waals surface area contributed by atoms with Gasteiger partial charge in [-0.25, -0.2) is 4.79 Å². The van der Waals surface area contributed by atoms with Crippen LogP contribution >= 0.6 is 0 Å². The van der Waals surface area contributed by atoms with Crippen molar-refractivity contribution in [1.29, 1.82) is 0 Å². The van der Waals surface area contributed by atoms with Crippen LogP contribution in [0.4, 0.5) is 0 Å². The van der Waals surface area contributed by atoms with Crippen LogP contribution in [0.15, 0.2) is 36.9 Å². The number of nitrogens with zero attached hydrogens (tertiary/aromatic N) is 2. The fourth-order valence-electron chi connectivity index (χ4n) is 2.86. The number of carbonyl (C=O) groups is 2. The average molecular weight is 362 g/mol. The minimum atomic E-state index is -0.818. The second kappa shape index (κ2) is 9.94. The van der Waals surface area contributed by atoms with Crippen molar-refractivity contribution in [3.05, 3.63) is 42.5 Å². The van der Waals surface area contributed by atoms with Gasteiger partial charge >= 0.3 is 11.9 Å². The molecule has 0 radical (unpaired) electrons. The molecule has 0 saturated carbocycles. The van der Waals surface area contributed by atoms with Gasteiger partial charge in [-0.15, -0.1) is 6.58 Å². The third-order valence-corrected chi connectivity index (χ3v) is 4.32. The Morgan fingerprint density at radius 3 is 2.58 bits per heavy atom. The number of rotatable bonds is 7. The zero-order valence-corrected chi connectivity index (χ0v) is 15.3. The topological polar surface area (TPSA) is 68.3 Å². The van der Waals surface area contributed by atoms with E-state index in [0.29, 0.717) is 39.3 Å². The van der Waals surface area contributed by atoms with Crippen LogP contribution in [-0.4, -0.2) is 75.2 Å². The van der Waals surface area contributed by atoms with E-state index in [4.69, 9.17) is 9.47 Å². The highest BCUT2D eigenvalue weighted by atomic mass is 16.5. The van der Waals surface area contributed by atoms with Crippen molar-refractivity contribution in [3.63, 3.8) is 0 Å². The smallest absolute Gasteiger partial charge is 0.396 e. The molecule has 0 N–H and O–H groups in total. The molecule has 1 aromatic carbocycles. The molecule has 1 aliphatic heterocycles. The number of hydrogen-bond donors (Lipinski definition) is 0. The molecule has 26 heavy (non-hydrogen) atoms. The Hall–Kier alpha value is -2.38. The summed E-state index contributed by atoms with van der Waals surface area (Å²) in [7, 11) is 2.85. The summed E-state index contributed by atoms with van der Waals surface area (Å²) in [5.74, 6) is -0.621. The van der Waals surface area contributed by atoms with E-state index in [1.165, 1.54) is 12.0 Å². The van der Waals surface area contributed by atoms with Crippen LogP contribution in [0, 0.1) is 0 Å². The first kappa shape index (κ1) is 19.9. The Morgan fingerprint density at radius 2 is 1.96 bits per heavy atom. The molecule has 1 amide bonds. The largest absolute Gasteiger partial charge is 0.497 e. The van der Waals surface area contributed by atoms with E-state index < -0.39 is 11.9 Å². The quantitative estimate of drug-likeness (QED) is 0.413. The summed E-state index contributed by atoms with van der Waals surface area (Å²) in [5.41, 5.74) is 1.03. The summed E-state index contributed by atoms with van der Waals surface area (Å²) in [6, 6.07) is 7.80. The first-order valence-electron chi connectivity index (χ1n) is 8.55. The van der Waals surface area contributed by atoms with Gasteiger partial charge in [0, 0.05) is 32.7 Å². The molecular weight excluding hydrogens is 336 g/mol. The van der Waals surface area contributed by atoms with E-state index in [2.05, 4.69) is 16.2 Å². The highest BCUT2D eigenvalue weighted by Crippen LogP contribution is 2.23. The Bertz CT molecular complexity index is 626. The van der Waals surface area contributed by atoms with Gasteiger partial charge in [-0.3, -0.25) is 9.69 Å². The van der Waals surface area contributed by atoms with Crippen molar-refractivity contribution in [1.82, 2.24) is 9.80 Å². The van der Waals surface area contributed by atoms with E-state index in [0.717, 1.165) is 11.3 Å². The SMILES string of the molecule is C=CCOC(CN1CCN(C(=O)C(=O)OC)CC1)c1cccc(OC)c1. The van der Waals surface area contributed by atoms with Crippen molar-refractivity contribution in [2.75, 3.05) is 53.6 Å². The molecule has 142 valence electrons. The molecule has 2 rings (SSSR count). The van der Waals surface area contributed by atoms with Crippen LogP contribution in [0.5, 0.6) is 5.75 Å². The van der Waals surface area contributed by atoms with Crippen molar-refractivity contribution in [3.8, 4) is 5.75 Å². The van der Waals surface area contributed by atoms with Crippen molar-refractivity contribution >= 4 is 11.9 Å². The lowest BCUT2D eigenvalue weighted by molar-refractivity contribution is -0.159. The van der Waals surface area contributed by atoms with Crippen LogP contribution in [0.1, 0.15) is 11.7 Å².